The zero-order valence-corrected chi connectivity index (χ0v) is 12.1. The molecule has 0 heterocycles. The summed E-state index contributed by atoms with van der Waals surface area (Å²) in [5.74, 6) is -0.311. The molecule has 0 spiro atoms. The number of nitrogens with two attached hydrogens (primary N) is 1. The number of hydrogen-bond donors (Lipinski definition) is 2. The highest BCUT2D eigenvalue weighted by molar-refractivity contribution is 5.89. The first-order valence-electron chi connectivity index (χ1n) is 6.89. The van der Waals surface area contributed by atoms with Crippen molar-refractivity contribution in [2.45, 2.75) is 19.6 Å². The summed E-state index contributed by atoms with van der Waals surface area (Å²) in [7, 11) is 1.38. The van der Waals surface area contributed by atoms with Gasteiger partial charge in [-0.1, -0.05) is 36.4 Å². The van der Waals surface area contributed by atoms with Crippen molar-refractivity contribution in [2.24, 2.45) is 5.73 Å². The molecule has 2 aromatic carbocycles. The monoisotopic (exact) mass is 284 g/mol. The van der Waals surface area contributed by atoms with Crippen LogP contribution in [0.5, 0.6) is 0 Å². The highest BCUT2D eigenvalue weighted by atomic mass is 16.5. The third kappa shape index (κ3) is 4.41. The number of nitrogens with one attached hydrogen (secondary N) is 1. The Morgan fingerprint density at radius 2 is 1.43 bits per heavy atom. The van der Waals surface area contributed by atoms with Gasteiger partial charge in [-0.25, -0.2) is 4.79 Å². The third-order valence-corrected chi connectivity index (χ3v) is 3.29. The summed E-state index contributed by atoms with van der Waals surface area (Å²) >= 11 is 0. The molecule has 0 unspecified atom stereocenters. The van der Waals surface area contributed by atoms with Crippen molar-refractivity contribution < 1.29 is 9.53 Å². The average molecular weight is 284 g/mol. The number of methoxy groups -OCH3 is 1. The first-order chi connectivity index (χ1) is 10.2. The molecule has 21 heavy (non-hydrogen) atoms. The van der Waals surface area contributed by atoms with E-state index in [0.717, 1.165) is 24.2 Å². The van der Waals surface area contributed by atoms with E-state index < -0.39 is 0 Å². The van der Waals surface area contributed by atoms with E-state index in [1.54, 1.807) is 12.1 Å². The van der Waals surface area contributed by atoms with Crippen LogP contribution in [0.4, 0.5) is 0 Å². The van der Waals surface area contributed by atoms with Crippen molar-refractivity contribution in [2.75, 3.05) is 7.11 Å². The van der Waals surface area contributed by atoms with Gasteiger partial charge in [0.05, 0.1) is 12.7 Å². The Bertz CT molecular complexity index is 577. The van der Waals surface area contributed by atoms with Crippen molar-refractivity contribution in [3.05, 3.63) is 70.8 Å². The van der Waals surface area contributed by atoms with Gasteiger partial charge in [0.2, 0.25) is 0 Å². The number of hydrogen-bond acceptors (Lipinski definition) is 4. The largest absolute Gasteiger partial charge is 0.465 e. The fraction of sp³-hybridized carbons (Fsp3) is 0.235. The highest BCUT2D eigenvalue weighted by Gasteiger charge is 2.04. The minimum absolute atomic E-state index is 0.311. The van der Waals surface area contributed by atoms with Crippen molar-refractivity contribution in [1.82, 2.24) is 5.32 Å². The van der Waals surface area contributed by atoms with E-state index in [4.69, 9.17) is 5.73 Å². The highest BCUT2D eigenvalue weighted by Crippen LogP contribution is 2.07. The lowest BCUT2D eigenvalue weighted by atomic mass is 10.1. The summed E-state index contributed by atoms with van der Waals surface area (Å²) in [5.41, 5.74) is 9.62. The molecule has 0 aliphatic carbocycles. The molecule has 0 saturated carbocycles. The summed E-state index contributed by atoms with van der Waals surface area (Å²) in [6.07, 6.45) is 0. The molecule has 0 aliphatic rings. The molecule has 0 atom stereocenters. The third-order valence-electron chi connectivity index (χ3n) is 3.29. The maximum Gasteiger partial charge on any atom is 0.337 e. The molecular weight excluding hydrogens is 264 g/mol. The molecule has 3 N–H and O–H groups in total. The molecule has 4 nitrogen and oxygen atoms in total. The normalized spacial score (nSPS) is 10.4. The lowest BCUT2D eigenvalue weighted by molar-refractivity contribution is 0.0600. The van der Waals surface area contributed by atoms with Gasteiger partial charge in [-0.2, -0.15) is 0 Å². The van der Waals surface area contributed by atoms with Gasteiger partial charge in [0.15, 0.2) is 0 Å². The predicted molar refractivity (Wildman–Crippen MR) is 82.7 cm³/mol. The molecule has 2 rings (SSSR count). The summed E-state index contributed by atoms with van der Waals surface area (Å²) in [5, 5.41) is 3.37. The maximum atomic E-state index is 11.3. The Hall–Kier alpha value is -2.17. The molecule has 110 valence electrons. The van der Waals surface area contributed by atoms with Gasteiger partial charge >= 0.3 is 5.97 Å². The van der Waals surface area contributed by atoms with Crippen LogP contribution in [0, 0.1) is 0 Å². The van der Waals surface area contributed by atoms with Gasteiger partial charge in [-0.05, 0) is 28.8 Å². The Morgan fingerprint density at radius 3 is 1.90 bits per heavy atom. The Labute approximate surface area is 124 Å². The van der Waals surface area contributed by atoms with E-state index in [1.165, 1.54) is 12.7 Å². The van der Waals surface area contributed by atoms with Crippen LogP contribution in [-0.2, 0) is 24.4 Å². The van der Waals surface area contributed by atoms with Gasteiger partial charge < -0.3 is 15.8 Å². The number of rotatable bonds is 6. The molecule has 0 amide bonds. The average Bonchev–Trinajstić information content (AvgIpc) is 2.55. The van der Waals surface area contributed by atoms with Crippen LogP contribution in [0.25, 0.3) is 0 Å². The second-order valence-electron chi connectivity index (χ2n) is 4.81. The van der Waals surface area contributed by atoms with Crippen molar-refractivity contribution in [3.63, 3.8) is 0 Å². The van der Waals surface area contributed by atoms with E-state index in [1.807, 2.05) is 24.3 Å². The minimum atomic E-state index is -0.311. The molecule has 0 fully saturated rings. The second-order valence-corrected chi connectivity index (χ2v) is 4.81. The van der Waals surface area contributed by atoms with E-state index in [2.05, 4.69) is 22.2 Å². The van der Waals surface area contributed by atoms with Crippen LogP contribution in [0.1, 0.15) is 27.0 Å². The first kappa shape index (κ1) is 15.2. The summed E-state index contributed by atoms with van der Waals surface area (Å²) in [6.45, 7) is 2.12. The van der Waals surface area contributed by atoms with E-state index in [0.29, 0.717) is 12.1 Å². The molecule has 0 aromatic heterocycles. The number of ether oxygens (including phenoxy) is 1. The Balaban J connectivity index is 1.83. The van der Waals surface area contributed by atoms with E-state index in [-0.39, 0.29) is 5.97 Å². The summed E-state index contributed by atoms with van der Waals surface area (Å²) in [4.78, 5) is 11.3. The van der Waals surface area contributed by atoms with Gasteiger partial charge in [0.1, 0.15) is 0 Å². The fourth-order valence-corrected chi connectivity index (χ4v) is 2.02. The number of carbonyl (C=O) groups excluding carboxylic acids is 1. The summed E-state index contributed by atoms with van der Waals surface area (Å²) < 4.78 is 4.67. The van der Waals surface area contributed by atoms with Gasteiger partial charge in [0, 0.05) is 19.6 Å². The van der Waals surface area contributed by atoms with Crippen LogP contribution in [0.2, 0.25) is 0 Å². The number of esters is 1. The van der Waals surface area contributed by atoms with Gasteiger partial charge in [-0.3, -0.25) is 0 Å². The molecule has 0 bridgehead atoms. The molecular formula is C17H20N2O2. The van der Waals surface area contributed by atoms with Crippen LogP contribution in [-0.4, -0.2) is 13.1 Å². The molecule has 0 aliphatic heterocycles. The Morgan fingerprint density at radius 1 is 0.952 bits per heavy atom. The molecule has 2 aromatic rings. The van der Waals surface area contributed by atoms with Crippen LogP contribution in [0.3, 0.4) is 0 Å². The first-order valence-corrected chi connectivity index (χ1v) is 6.89. The zero-order valence-electron chi connectivity index (χ0n) is 12.1. The van der Waals surface area contributed by atoms with Crippen LogP contribution >= 0.6 is 0 Å². The van der Waals surface area contributed by atoms with Crippen molar-refractivity contribution >= 4 is 5.97 Å². The molecule has 4 heteroatoms. The number of carbonyl (C=O) groups is 1. The molecule has 0 radical (unpaired) electrons. The molecule has 0 saturated heterocycles. The summed E-state index contributed by atoms with van der Waals surface area (Å²) in [6, 6.07) is 15.7. The second kappa shape index (κ2) is 7.57. The zero-order chi connectivity index (χ0) is 15.1. The predicted octanol–water partition coefficient (Wildman–Crippen LogP) is 2.22. The van der Waals surface area contributed by atoms with Crippen molar-refractivity contribution in [1.29, 1.82) is 0 Å². The fourth-order valence-electron chi connectivity index (χ4n) is 2.02. The Kier molecular flexibility index (Phi) is 5.49. The SMILES string of the molecule is COC(=O)c1ccc(CNCc2ccc(CN)cc2)cc1. The lowest BCUT2D eigenvalue weighted by Crippen LogP contribution is -2.13. The smallest absolute Gasteiger partial charge is 0.337 e. The van der Waals surface area contributed by atoms with Gasteiger partial charge in [0.25, 0.3) is 0 Å². The standard InChI is InChI=1S/C17H20N2O2/c1-21-17(20)16-8-6-15(7-9-16)12-19-11-14-4-2-13(10-18)3-5-14/h2-9,19H,10-12,18H2,1H3. The lowest BCUT2D eigenvalue weighted by Gasteiger charge is -2.07. The van der Waals surface area contributed by atoms with Crippen molar-refractivity contribution in [3.8, 4) is 0 Å². The quantitative estimate of drug-likeness (QED) is 0.798. The number of benzene rings is 2. The maximum absolute atomic E-state index is 11.3. The van der Waals surface area contributed by atoms with Crippen LogP contribution in [0.15, 0.2) is 48.5 Å². The van der Waals surface area contributed by atoms with E-state index in [9.17, 15) is 4.79 Å². The van der Waals surface area contributed by atoms with Gasteiger partial charge in [-0.15, -0.1) is 0 Å². The van der Waals surface area contributed by atoms with E-state index >= 15 is 0 Å². The van der Waals surface area contributed by atoms with Crippen LogP contribution < -0.4 is 11.1 Å². The topological polar surface area (TPSA) is 64.3 Å². The minimum Gasteiger partial charge on any atom is -0.465 e.